The van der Waals surface area contributed by atoms with E-state index < -0.39 is 5.82 Å². The van der Waals surface area contributed by atoms with Gasteiger partial charge in [0, 0.05) is 62.7 Å². The monoisotopic (exact) mass is 558 g/mol. The van der Waals surface area contributed by atoms with Crippen LogP contribution in [-0.2, 0) is 14.3 Å². The van der Waals surface area contributed by atoms with Gasteiger partial charge in [0.15, 0.2) is 0 Å². The van der Waals surface area contributed by atoms with Crippen LogP contribution >= 0.6 is 0 Å². The lowest BCUT2D eigenvalue weighted by molar-refractivity contribution is -0.132. The zero-order valence-electron chi connectivity index (χ0n) is 25.2. The van der Waals surface area contributed by atoms with Crippen LogP contribution in [0.25, 0.3) is 5.70 Å². The van der Waals surface area contributed by atoms with Crippen molar-refractivity contribution in [3.05, 3.63) is 54.4 Å². The van der Waals surface area contributed by atoms with Crippen molar-refractivity contribution < 1.29 is 23.5 Å². The van der Waals surface area contributed by atoms with Crippen molar-refractivity contribution >= 4 is 41.2 Å². The highest BCUT2D eigenvalue weighted by molar-refractivity contribution is 5.88. The van der Waals surface area contributed by atoms with Crippen molar-refractivity contribution in [2.24, 2.45) is 4.99 Å². The number of carbonyl (C=O) groups excluding carboxylic acids is 2. The van der Waals surface area contributed by atoms with Crippen molar-refractivity contribution in [3.8, 4) is 5.75 Å². The molecule has 0 unspecified atom stereocenters. The highest BCUT2D eigenvalue weighted by Crippen LogP contribution is 2.33. The summed E-state index contributed by atoms with van der Waals surface area (Å²) in [5.74, 6) is -0.139. The maximum Gasteiger partial charge on any atom is 0.229 e. The SMILES string of the molecule is C=C(Nc1ccc(NC)cc1)c1c(F)cc(OCCOC)cc1N=CC.CCCC.CCN(CC)C(=O)CC=O. The van der Waals surface area contributed by atoms with Crippen LogP contribution < -0.4 is 15.4 Å². The van der Waals surface area contributed by atoms with Crippen molar-refractivity contribution in [2.75, 3.05) is 51.1 Å². The Balaban J connectivity index is 0.000000902. The number of aldehydes is 1. The number of anilines is 2. The van der Waals surface area contributed by atoms with Crippen LogP contribution in [0, 0.1) is 5.82 Å². The highest BCUT2D eigenvalue weighted by atomic mass is 19.1. The zero-order valence-corrected chi connectivity index (χ0v) is 25.2. The van der Waals surface area contributed by atoms with E-state index >= 15 is 0 Å². The number of benzene rings is 2. The van der Waals surface area contributed by atoms with E-state index in [1.165, 1.54) is 18.9 Å². The van der Waals surface area contributed by atoms with Gasteiger partial charge in [-0.15, -0.1) is 0 Å². The summed E-state index contributed by atoms with van der Waals surface area (Å²) < 4.78 is 25.2. The molecule has 0 aliphatic carbocycles. The summed E-state index contributed by atoms with van der Waals surface area (Å²) in [6.45, 7) is 16.0. The minimum Gasteiger partial charge on any atom is -0.491 e. The minimum absolute atomic E-state index is 0.0156. The predicted molar refractivity (Wildman–Crippen MR) is 165 cm³/mol. The Labute approximate surface area is 239 Å². The van der Waals surface area contributed by atoms with Crippen LogP contribution in [0.15, 0.2) is 48.0 Å². The van der Waals surface area contributed by atoms with E-state index in [0.29, 0.717) is 55.3 Å². The smallest absolute Gasteiger partial charge is 0.229 e. The molecule has 222 valence electrons. The van der Waals surface area contributed by atoms with Gasteiger partial charge in [-0.3, -0.25) is 9.79 Å². The Morgan fingerprint density at radius 1 is 1.05 bits per heavy atom. The number of hydrogen-bond acceptors (Lipinski definition) is 7. The molecule has 2 aromatic rings. The number of unbranched alkanes of at least 4 members (excludes halogenated alkanes) is 1. The minimum atomic E-state index is -0.454. The van der Waals surface area contributed by atoms with Crippen LogP contribution in [-0.4, -0.2) is 63.8 Å². The third-order valence-corrected chi connectivity index (χ3v) is 5.51. The second kappa shape index (κ2) is 22.1. The fourth-order valence-electron chi connectivity index (χ4n) is 3.17. The van der Waals surface area contributed by atoms with Crippen molar-refractivity contribution in [2.45, 2.75) is 53.9 Å². The van der Waals surface area contributed by atoms with E-state index in [9.17, 15) is 14.0 Å². The van der Waals surface area contributed by atoms with Gasteiger partial charge in [0.05, 0.1) is 24.3 Å². The van der Waals surface area contributed by atoms with Crippen LogP contribution in [0.4, 0.5) is 21.5 Å². The van der Waals surface area contributed by atoms with Gasteiger partial charge in [0.1, 0.15) is 24.5 Å². The summed E-state index contributed by atoms with van der Waals surface area (Å²) in [6.07, 6.45) is 4.90. The fraction of sp³-hybridized carbons (Fsp3) is 0.452. The molecule has 0 aromatic heterocycles. The average Bonchev–Trinajstić information content (AvgIpc) is 2.95. The lowest BCUT2D eigenvalue weighted by Gasteiger charge is -2.16. The second-order valence-electron chi connectivity index (χ2n) is 8.40. The van der Waals surface area contributed by atoms with Gasteiger partial charge in [-0.25, -0.2) is 4.39 Å². The molecule has 1 amide bonds. The molecule has 2 N–H and O–H groups in total. The quantitative estimate of drug-likeness (QED) is 0.113. The van der Waals surface area contributed by atoms with E-state index in [2.05, 4.69) is 36.1 Å². The molecular weight excluding hydrogens is 511 g/mol. The van der Waals surface area contributed by atoms with Crippen molar-refractivity contribution in [1.82, 2.24) is 4.90 Å². The Morgan fingerprint density at radius 3 is 2.12 bits per heavy atom. The number of halogens is 1. The van der Waals surface area contributed by atoms with Gasteiger partial charge in [-0.05, 0) is 45.0 Å². The molecule has 0 heterocycles. The standard InChI is InChI=1S/C20H24FN3O2.C7H13NO2.C4H10/c1-5-23-19-13-17(26-11-10-25-4)12-18(21)20(19)14(2)24-16-8-6-15(22-3)7-9-16;1-3-8(4-2)7(10)5-6-9;1-3-4-2/h5-9,12-13,22,24H,2,10-11H2,1,3-4H3;6H,3-5H2,1-2H3;3-4H2,1-2H3. The van der Waals surface area contributed by atoms with Gasteiger partial charge in [0.25, 0.3) is 0 Å². The zero-order chi connectivity index (χ0) is 30.3. The van der Waals surface area contributed by atoms with Crippen LogP contribution in [0.2, 0.25) is 0 Å². The first-order chi connectivity index (χ1) is 19.3. The maximum absolute atomic E-state index is 14.7. The van der Waals surface area contributed by atoms with Gasteiger partial charge >= 0.3 is 0 Å². The average molecular weight is 559 g/mol. The van der Waals surface area contributed by atoms with Gasteiger partial charge in [-0.2, -0.15) is 0 Å². The van der Waals surface area contributed by atoms with Crippen LogP contribution in [0.5, 0.6) is 5.75 Å². The van der Waals surface area contributed by atoms with Gasteiger partial charge in [-0.1, -0.05) is 33.3 Å². The number of carbonyl (C=O) groups is 2. The lowest BCUT2D eigenvalue weighted by atomic mass is 10.1. The molecule has 9 heteroatoms. The molecular formula is C31H47FN4O4. The second-order valence-corrected chi connectivity index (χ2v) is 8.40. The molecule has 0 atom stereocenters. The summed E-state index contributed by atoms with van der Waals surface area (Å²) in [4.78, 5) is 26.7. The number of nitrogens with zero attached hydrogens (tertiary/aromatic N) is 2. The number of methoxy groups -OCH3 is 1. The van der Waals surface area contributed by atoms with Crippen LogP contribution in [0.1, 0.15) is 59.4 Å². The number of hydrogen-bond donors (Lipinski definition) is 2. The third kappa shape index (κ3) is 13.9. The van der Waals surface area contributed by atoms with E-state index in [0.717, 1.165) is 11.4 Å². The molecule has 0 radical (unpaired) electrons. The molecule has 2 rings (SSSR count). The highest BCUT2D eigenvalue weighted by Gasteiger charge is 2.15. The normalized spacial score (nSPS) is 10.0. The number of nitrogens with one attached hydrogen (secondary N) is 2. The topological polar surface area (TPSA) is 92.3 Å². The van der Waals surface area contributed by atoms with Crippen LogP contribution in [0.3, 0.4) is 0 Å². The number of amides is 1. The molecule has 0 aliphatic heterocycles. The first-order valence-corrected chi connectivity index (χ1v) is 13.7. The van der Waals surface area contributed by atoms with E-state index in [4.69, 9.17) is 9.47 Å². The summed E-state index contributed by atoms with van der Waals surface area (Å²) in [6, 6.07) is 10.6. The first-order valence-electron chi connectivity index (χ1n) is 13.7. The van der Waals surface area contributed by atoms with E-state index in [1.807, 2.05) is 45.2 Å². The third-order valence-electron chi connectivity index (χ3n) is 5.51. The van der Waals surface area contributed by atoms with E-state index in [-0.39, 0.29) is 12.3 Å². The Hall–Kier alpha value is -3.72. The number of aliphatic imine (C=N–C) groups is 1. The first kappa shape index (κ1) is 36.3. The Bertz CT molecular complexity index is 1040. The predicted octanol–water partition coefficient (Wildman–Crippen LogP) is 6.95. The number of ether oxygens (including phenoxy) is 2. The largest absolute Gasteiger partial charge is 0.491 e. The molecule has 8 nitrogen and oxygen atoms in total. The molecule has 40 heavy (non-hydrogen) atoms. The molecule has 0 fully saturated rings. The van der Waals surface area contributed by atoms with Crippen molar-refractivity contribution in [1.29, 1.82) is 0 Å². The molecule has 0 spiro atoms. The molecule has 2 aromatic carbocycles. The Morgan fingerprint density at radius 2 is 1.65 bits per heavy atom. The summed E-state index contributed by atoms with van der Waals surface area (Å²) >= 11 is 0. The molecule has 0 bridgehead atoms. The Kier molecular flexibility index (Phi) is 20.1. The fourth-order valence-corrected chi connectivity index (χ4v) is 3.17. The van der Waals surface area contributed by atoms with Gasteiger partial charge in [0.2, 0.25) is 5.91 Å². The molecule has 0 saturated heterocycles. The lowest BCUT2D eigenvalue weighted by Crippen LogP contribution is -2.30. The van der Waals surface area contributed by atoms with E-state index in [1.54, 1.807) is 31.2 Å². The number of rotatable bonds is 14. The van der Waals surface area contributed by atoms with Gasteiger partial charge < -0.3 is 29.8 Å². The maximum atomic E-state index is 14.7. The molecule has 0 saturated carbocycles. The van der Waals surface area contributed by atoms with Crippen molar-refractivity contribution in [3.63, 3.8) is 0 Å². The molecule has 0 aliphatic rings. The summed E-state index contributed by atoms with van der Waals surface area (Å²) in [7, 11) is 3.43. The summed E-state index contributed by atoms with van der Waals surface area (Å²) in [5, 5.41) is 6.17. The summed E-state index contributed by atoms with van der Waals surface area (Å²) in [5.41, 5.74) is 2.97.